The number of carbonyl (C=O) groups is 2. The molecule has 1 aromatic heterocycles. The first-order valence-electron chi connectivity index (χ1n) is 9.03. The molecule has 0 bridgehead atoms. The van der Waals surface area contributed by atoms with E-state index >= 15 is 0 Å². The van der Waals surface area contributed by atoms with Crippen LogP contribution in [0.3, 0.4) is 0 Å². The maximum atomic E-state index is 12.4. The highest BCUT2D eigenvalue weighted by Crippen LogP contribution is 2.34. The van der Waals surface area contributed by atoms with Crippen molar-refractivity contribution in [3.05, 3.63) is 16.0 Å². The van der Waals surface area contributed by atoms with Crippen LogP contribution in [0.2, 0.25) is 0 Å². The summed E-state index contributed by atoms with van der Waals surface area (Å²) in [5.41, 5.74) is 0.891. The average molecular weight is 399 g/mol. The fourth-order valence-corrected chi connectivity index (χ4v) is 4.44. The van der Waals surface area contributed by atoms with E-state index in [0.717, 1.165) is 24.2 Å². The third-order valence-corrected chi connectivity index (χ3v) is 5.66. The number of thiocarbonyl (C=S) groups is 1. The van der Waals surface area contributed by atoms with Crippen LogP contribution in [0.25, 0.3) is 0 Å². The molecule has 0 aliphatic heterocycles. The summed E-state index contributed by atoms with van der Waals surface area (Å²) < 4.78 is 10.2. The van der Waals surface area contributed by atoms with Gasteiger partial charge in [0.15, 0.2) is 5.11 Å². The van der Waals surface area contributed by atoms with Gasteiger partial charge in [-0.05, 0) is 51.4 Å². The van der Waals surface area contributed by atoms with Gasteiger partial charge in [0, 0.05) is 6.04 Å². The molecular weight excluding hydrogens is 372 g/mol. The molecule has 6 nitrogen and oxygen atoms in total. The first-order chi connectivity index (χ1) is 12.5. The Morgan fingerprint density at radius 1 is 1.12 bits per heavy atom. The van der Waals surface area contributed by atoms with Crippen molar-refractivity contribution in [3.8, 4) is 0 Å². The van der Waals surface area contributed by atoms with Crippen LogP contribution >= 0.6 is 23.6 Å². The van der Waals surface area contributed by atoms with Crippen LogP contribution in [-0.2, 0) is 9.47 Å². The zero-order chi connectivity index (χ0) is 19.1. The zero-order valence-electron chi connectivity index (χ0n) is 15.5. The van der Waals surface area contributed by atoms with Crippen molar-refractivity contribution in [1.29, 1.82) is 0 Å². The Morgan fingerprint density at radius 2 is 1.73 bits per heavy atom. The largest absolute Gasteiger partial charge is 0.462 e. The van der Waals surface area contributed by atoms with E-state index in [4.69, 9.17) is 21.7 Å². The van der Waals surface area contributed by atoms with Gasteiger partial charge in [-0.25, -0.2) is 9.59 Å². The predicted molar refractivity (Wildman–Crippen MR) is 107 cm³/mol. The standard InChI is InChI=1S/C18H26N2O4S2/c1-4-23-16(21)13-11(3)14(17(22)24-5-2)26-15(13)20-18(25)19-12-9-7-6-8-10-12/h12H,4-10H2,1-3H3,(H2,19,20,25). The summed E-state index contributed by atoms with van der Waals surface area (Å²) in [7, 11) is 0. The molecule has 0 aromatic carbocycles. The van der Waals surface area contributed by atoms with E-state index < -0.39 is 11.9 Å². The number of anilines is 1. The Morgan fingerprint density at radius 3 is 2.35 bits per heavy atom. The summed E-state index contributed by atoms with van der Waals surface area (Å²) in [6.07, 6.45) is 5.82. The minimum Gasteiger partial charge on any atom is -0.462 e. The molecule has 1 aliphatic carbocycles. The van der Waals surface area contributed by atoms with Crippen LogP contribution < -0.4 is 10.6 Å². The molecule has 0 atom stereocenters. The number of esters is 2. The second kappa shape index (κ2) is 9.87. The molecule has 1 fully saturated rings. The van der Waals surface area contributed by atoms with Gasteiger partial charge in [0.05, 0.1) is 18.8 Å². The lowest BCUT2D eigenvalue weighted by Gasteiger charge is -2.24. The lowest BCUT2D eigenvalue weighted by Crippen LogP contribution is -2.38. The van der Waals surface area contributed by atoms with Crippen LogP contribution in [0, 0.1) is 6.92 Å². The molecule has 0 amide bonds. The van der Waals surface area contributed by atoms with E-state index in [9.17, 15) is 9.59 Å². The fraction of sp³-hybridized carbons (Fsp3) is 0.611. The van der Waals surface area contributed by atoms with Crippen molar-refractivity contribution in [1.82, 2.24) is 5.32 Å². The molecule has 1 heterocycles. The van der Waals surface area contributed by atoms with Gasteiger partial charge in [-0.15, -0.1) is 11.3 Å². The third-order valence-electron chi connectivity index (χ3n) is 4.25. The molecule has 0 spiro atoms. The van der Waals surface area contributed by atoms with Crippen molar-refractivity contribution < 1.29 is 19.1 Å². The Hall–Kier alpha value is -1.67. The van der Waals surface area contributed by atoms with Crippen molar-refractivity contribution in [2.45, 2.75) is 58.9 Å². The number of carbonyl (C=O) groups excluding carboxylic acids is 2. The van der Waals surface area contributed by atoms with Crippen molar-refractivity contribution in [3.63, 3.8) is 0 Å². The van der Waals surface area contributed by atoms with E-state index in [1.54, 1.807) is 20.8 Å². The second-order valence-electron chi connectivity index (χ2n) is 6.13. The fourth-order valence-electron chi connectivity index (χ4n) is 3.01. The molecule has 2 rings (SSSR count). The first kappa shape index (κ1) is 20.6. The van der Waals surface area contributed by atoms with E-state index in [1.807, 2.05) is 0 Å². The minimum atomic E-state index is -0.472. The summed E-state index contributed by atoms with van der Waals surface area (Å²) in [6, 6.07) is 0.348. The van der Waals surface area contributed by atoms with Crippen molar-refractivity contribution in [2.24, 2.45) is 0 Å². The first-order valence-corrected chi connectivity index (χ1v) is 10.3. The minimum absolute atomic E-state index is 0.257. The second-order valence-corrected chi connectivity index (χ2v) is 7.56. The van der Waals surface area contributed by atoms with Gasteiger partial charge in [0.1, 0.15) is 9.88 Å². The van der Waals surface area contributed by atoms with Crippen molar-refractivity contribution >= 4 is 45.6 Å². The van der Waals surface area contributed by atoms with Crippen LogP contribution in [0.4, 0.5) is 5.00 Å². The van der Waals surface area contributed by atoms with E-state index in [0.29, 0.717) is 32.2 Å². The Labute approximate surface area is 163 Å². The molecule has 0 unspecified atom stereocenters. The monoisotopic (exact) mass is 398 g/mol. The maximum absolute atomic E-state index is 12.4. The lowest BCUT2D eigenvalue weighted by molar-refractivity contribution is 0.0527. The number of thiophene rings is 1. The highest BCUT2D eigenvalue weighted by atomic mass is 32.1. The van der Waals surface area contributed by atoms with Gasteiger partial charge in [0.25, 0.3) is 0 Å². The molecule has 1 saturated carbocycles. The molecular formula is C18H26N2O4S2. The topological polar surface area (TPSA) is 76.7 Å². The van der Waals surface area contributed by atoms with Crippen molar-refractivity contribution in [2.75, 3.05) is 18.5 Å². The van der Waals surface area contributed by atoms with E-state index in [-0.39, 0.29) is 13.2 Å². The molecule has 144 valence electrons. The Balaban J connectivity index is 2.21. The van der Waals surface area contributed by atoms with Gasteiger partial charge in [-0.1, -0.05) is 19.3 Å². The summed E-state index contributed by atoms with van der Waals surface area (Å²) in [6.45, 7) is 5.74. The van der Waals surface area contributed by atoms with E-state index in [2.05, 4.69) is 10.6 Å². The molecule has 2 N–H and O–H groups in total. The quantitative estimate of drug-likeness (QED) is 0.553. The lowest BCUT2D eigenvalue weighted by atomic mass is 9.96. The van der Waals surface area contributed by atoms with E-state index in [1.165, 1.54) is 19.3 Å². The normalized spacial score (nSPS) is 14.6. The van der Waals surface area contributed by atoms with Gasteiger partial charge in [0.2, 0.25) is 0 Å². The number of hydrogen-bond acceptors (Lipinski definition) is 6. The molecule has 1 aliphatic rings. The Bertz CT molecular complexity index is 666. The number of hydrogen-bond donors (Lipinski definition) is 2. The zero-order valence-corrected chi connectivity index (χ0v) is 17.1. The van der Waals surface area contributed by atoms with Gasteiger partial charge < -0.3 is 20.1 Å². The summed E-state index contributed by atoms with van der Waals surface area (Å²) in [4.78, 5) is 24.9. The number of rotatable bonds is 6. The average Bonchev–Trinajstić information content (AvgIpc) is 2.92. The SMILES string of the molecule is CCOC(=O)c1sc(NC(=S)NC2CCCCC2)c(C(=O)OCC)c1C. The van der Waals surface area contributed by atoms with Gasteiger partial charge in [-0.3, -0.25) is 0 Å². The molecule has 0 radical (unpaired) electrons. The molecule has 8 heteroatoms. The number of ether oxygens (including phenoxy) is 2. The van der Waals surface area contributed by atoms with Crippen LogP contribution in [0.5, 0.6) is 0 Å². The highest BCUT2D eigenvalue weighted by molar-refractivity contribution is 7.80. The predicted octanol–water partition coefficient (Wildman–Crippen LogP) is 4.03. The smallest absolute Gasteiger partial charge is 0.348 e. The van der Waals surface area contributed by atoms with Crippen LogP contribution in [0.1, 0.15) is 71.5 Å². The third kappa shape index (κ3) is 5.17. The summed E-state index contributed by atoms with van der Waals surface area (Å²) >= 11 is 6.58. The van der Waals surface area contributed by atoms with Gasteiger partial charge >= 0.3 is 11.9 Å². The van der Waals surface area contributed by atoms with Crippen LogP contribution in [-0.4, -0.2) is 36.3 Å². The molecule has 1 aromatic rings. The highest BCUT2D eigenvalue weighted by Gasteiger charge is 2.27. The molecule has 0 saturated heterocycles. The molecule has 26 heavy (non-hydrogen) atoms. The maximum Gasteiger partial charge on any atom is 0.348 e. The summed E-state index contributed by atoms with van der Waals surface area (Å²) in [5, 5.41) is 7.36. The Kier molecular flexibility index (Phi) is 7.84. The van der Waals surface area contributed by atoms with Crippen LogP contribution in [0.15, 0.2) is 0 Å². The summed E-state index contributed by atoms with van der Waals surface area (Å²) in [5.74, 6) is -0.917. The van der Waals surface area contributed by atoms with Gasteiger partial charge in [-0.2, -0.15) is 0 Å². The number of nitrogens with one attached hydrogen (secondary N) is 2.